The summed E-state index contributed by atoms with van der Waals surface area (Å²) in [6.45, 7) is 4.86. The fraction of sp³-hybridized carbons (Fsp3) is 0.417. The summed E-state index contributed by atoms with van der Waals surface area (Å²) in [6.07, 6.45) is 0.692. The van der Waals surface area contributed by atoms with Crippen molar-refractivity contribution in [2.24, 2.45) is 0 Å². The first-order valence-electron chi connectivity index (χ1n) is 11.9. The highest BCUT2D eigenvalue weighted by atomic mass is 32.2. The molecule has 3 atom stereocenters. The number of thioether (sulfide) groups is 2. The molecule has 5 N–H and O–H groups in total. The quantitative estimate of drug-likeness (QED) is 0.214. The highest BCUT2D eigenvalue weighted by Crippen LogP contribution is 2.41. The van der Waals surface area contributed by atoms with Crippen molar-refractivity contribution in [2.45, 2.75) is 55.5 Å². The number of nitrogens with zero attached hydrogens (tertiary/aromatic N) is 3. The largest absolute Gasteiger partial charge is 0.477 e. The van der Waals surface area contributed by atoms with Crippen molar-refractivity contribution in [1.82, 2.24) is 30.9 Å². The number of hydrogen-bond donors (Lipinski definition) is 5. The number of aromatic amines is 1. The van der Waals surface area contributed by atoms with Gasteiger partial charge in [0.2, 0.25) is 5.91 Å². The van der Waals surface area contributed by atoms with Crippen LogP contribution in [0.3, 0.4) is 0 Å². The van der Waals surface area contributed by atoms with Crippen LogP contribution in [0.2, 0.25) is 0 Å². The molecule has 15 heteroatoms. The molecule has 0 radical (unpaired) electrons. The van der Waals surface area contributed by atoms with Crippen LogP contribution in [0.25, 0.3) is 0 Å². The fourth-order valence-corrected chi connectivity index (χ4v) is 6.26. The molecule has 0 saturated carbocycles. The number of amides is 3. The van der Waals surface area contributed by atoms with Gasteiger partial charge in [0.05, 0.1) is 12.8 Å². The van der Waals surface area contributed by atoms with Gasteiger partial charge in [0.1, 0.15) is 33.8 Å². The number of carbonyl (C=O) groups is 4. The molecule has 1 aromatic heterocycles. The van der Waals surface area contributed by atoms with E-state index in [1.807, 2.05) is 0 Å². The van der Waals surface area contributed by atoms with E-state index in [4.69, 9.17) is 4.74 Å². The first kappa shape index (κ1) is 28.4. The lowest BCUT2D eigenvalue weighted by Crippen LogP contribution is -2.71. The molecule has 208 valence electrons. The van der Waals surface area contributed by atoms with Crippen LogP contribution in [-0.2, 0) is 25.7 Å². The number of aromatic nitrogens is 3. The zero-order valence-corrected chi connectivity index (χ0v) is 23.0. The summed E-state index contributed by atoms with van der Waals surface area (Å²) in [5.74, 6) is -1.81. The average molecular weight is 577 g/mol. The number of hydrogen-bond acceptors (Lipinski definition) is 10. The van der Waals surface area contributed by atoms with Crippen LogP contribution in [0, 0.1) is 0 Å². The van der Waals surface area contributed by atoms with Crippen LogP contribution < -0.4 is 10.6 Å². The van der Waals surface area contributed by atoms with E-state index >= 15 is 0 Å². The van der Waals surface area contributed by atoms with Crippen LogP contribution >= 0.6 is 23.5 Å². The molecule has 2 aromatic rings. The Kier molecular flexibility index (Phi) is 8.51. The third kappa shape index (κ3) is 6.54. The lowest BCUT2D eigenvalue weighted by atomic mass is 10.0. The summed E-state index contributed by atoms with van der Waals surface area (Å²) in [4.78, 5) is 52.3. The third-order valence-corrected chi connectivity index (χ3v) is 8.08. The second-order valence-electron chi connectivity index (χ2n) is 9.73. The summed E-state index contributed by atoms with van der Waals surface area (Å²) in [6, 6.07) is 4.21. The van der Waals surface area contributed by atoms with E-state index in [1.165, 1.54) is 34.6 Å². The molecule has 1 aromatic carbocycles. The van der Waals surface area contributed by atoms with Crippen molar-refractivity contribution >= 4 is 47.4 Å². The Morgan fingerprint density at radius 3 is 2.59 bits per heavy atom. The van der Waals surface area contributed by atoms with Gasteiger partial charge in [0.25, 0.3) is 5.91 Å². The number of ether oxygens (including phenoxy) is 1. The van der Waals surface area contributed by atoms with Crippen LogP contribution in [0.1, 0.15) is 37.9 Å². The number of alkyl carbamates (subject to hydrolysis) is 1. The number of fused-ring (bicyclic) bond motifs is 1. The van der Waals surface area contributed by atoms with E-state index in [2.05, 4.69) is 26.0 Å². The first-order valence-corrected chi connectivity index (χ1v) is 13.9. The Morgan fingerprint density at radius 2 is 2.00 bits per heavy atom. The van der Waals surface area contributed by atoms with Gasteiger partial charge in [-0.15, -0.1) is 16.9 Å². The molecule has 1 saturated heterocycles. The summed E-state index contributed by atoms with van der Waals surface area (Å²) in [7, 11) is 0. The van der Waals surface area contributed by atoms with E-state index in [0.29, 0.717) is 33.2 Å². The topological polar surface area (TPSA) is 187 Å². The number of carboxylic acids is 1. The maximum Gasteiger partial charge on any atom is 0.408 e. The van der Waals surface area contributed by atoms with E-state index in [-0.39, 0.29) is 12.3 Å². The SMILES string of the molecule is CC(C)(C)OC(=O)NC(C(=O)N[C@@H]1C(=O)N2C(C(=O)O)=C(CSc3cn[nH]n3)CS[C@@H]12)c1ccc(CO)cc1. The minimum Gasteiger partial charge on any atom is -0.477 e. The second kappa shape index (κ2) is 11.7. The number of β-lactam (4-membered cyclic amide) rings is 1. The second-order valence-corrected chi connectivity index (χ2v) is 11.8. The van der Waals surface area contributed by atoms with E-state index in [0.717, 1.165) is 0 Å². The first-order chi connectivity index (χ1) is 18.5. The number of carbonyl (C=O) groups excluding carboxylic acids is 3. The van der Waals surface area contributed by atoms with Gasteiger partial charge in [0, 0.05) is 11.5 Å². The van der Waals surface area contributed by atoms with Crippen LogP contribution in [0.5, 0.6) is 0 Å². The minimum absolute atomic E-state index is 0.103. The molecule has 2 aliphatic rings. The Morgan fingerprint density at radius 1 is 1.28 bits per heavy atom. The van der Waals surface area contributed by atoms with Crippen LogP contribution in [0.15, 0.2) is 46.8 Å². The lowest BCUT2D eigenvalue weighted by Gasteiger charge is -2.49. The maximum absolute atomic E-state index is 13.4. The molecule has 0 spiro atoms. The summed E-state index contributed by atoms with van der Waals surface area (Å²) < 4.78 is 5.31. The van der Waals surface area contributed by atoms with Gasteiger partial charge < -0.3 is 25.6 Å². The third-order valence-electron chi connectivity index (χ3n) is 5.75. The smallest absolute Gasteiger partial charge is 0.408 e. The molecule has 3 amide bonds. The van der Waals surface area contributed by atoms with Gasteiger partial charge in [-0.2, -0.15) is 10.3 Å². The molecule has 2 aliphatic heterocycles. The Balaban J connectivity index is 1.50. The number of carboxylic acid groups (broad SMARTS) is 1. The molecule has 3 heterocycles. The average Bonchev–Trinajstić information content (AvgIpc) is 3.41. The van der Waals surface area contributed by atoms with Crippen molar-refractivity contribution in [3.05, 3.63) is 52.9 Å². The van der Waals surface area contributed by atoms with E-state index in [1.54, 1.807) is 45.0 Å². The summed E-state index contributed by atoms with van der Waals surface area (Å²) in [5.41, 5.74) is 0.674. The predicted molar refractivity (Wildman–Crippen MR) is 141 cm³/mol. The minimum atomic E-state index is -1.23. The van der Waals surface area contributed by atoms with E-state index < -0.39 is 46.9 Å². The molecule has 1 fully saturated rings. The number of rotatable bonds is 9. The Bertz CT molecular complexity index is 1280. The lowest BCUT2D eigenvalue weighted by molar-refractivity contribution is -0.151. The standard InChI is InChI=1S/C24H28N6O7S2/c1-24(2,3)37-23(36)27-16(13-6-4-12(9-31)5-7-13)19(32)26-17-20(33)30-18(22(34)35)14(11-39-21(17)30)10-38-15-8-25-29-28-15/h4-8,16-17,21,31H,9-11H2,1-3H3,(H,26,32)(H,27,36)(H,34,35)(H,25,28,29)/t16?,17-,21+/m1/s1. The molecule has 4 rings (SSSR count). The number of nitrogens with one attached hydrogen (secondary N) is 3. The zero-order valence-electron chi connectivity index (χ0n) is 21.3. The van der Waals surface area contributed by atoms with Crippen molar-refractivity contribution in [2.75, 3.05) is 11.5 Å². The van der Waals surface area contributed by atoms with Gasteiger partial charge in [-0.3, -0.25) is 14.5 Å². The summed E-state index contributed by atoms with van der Waals surface area (Å²) >= 11 is 2.63. The highest BCUT2D eigenvalue weighted by molar-refractivity contribution is 8.01. The molecule has 0 bridgehead atoms. The molecule has 0 aliphatic carbocycles. The molecular weight excluding hydrogens is 548 g/mol. The zero-order chi connectivity index (χ0) is 28.3. The molecule has 1 unspecified atom stereocenters. The van der Waals surface area contributed by atoms with Gasteiger partial charge >= 0.3 is 12.1 Å². The van der Waals surface area contributed by atoms with Crippen molar-refractivity contribution in [3.8, 4) is 0 Å². The Hall–Kier alpha value is -3.56. The van der Waals surface area contributed by atoms with Crippen LogP contribution in [0.4, 0.5) is 4.79 Å². The fourth-order valence-electron chi connectivity index (χ4n) is 3.99. The van der Waals surface area contributed by atoms with Gasteiger partial charge in [0.15, 0.2) is 0 Å². The van der Waals surface area contributed by atoms with Gasteiger partial charge in [-0.25, -0.2) is 9.59 Å². The number of aliphatic hydroxyl groups excluding tert-OH is 1. The van der Waals surface area contributed by atoms with E-state index in [9.17, 15) is 29.4 Å². The number of aliphatic hydroxyl groups is 1. The summed E-state index contributed by atoms with van der Waals surface area (Å²) in [5, 5.41) is 34.6. The molecule has 39 heavy (non-hydrogen) atoms. The molecule has 13 nitrogen and oxygen atoms in total. The predicted octanol–water partition coefficient (Wildman–Crippen LogP) is 1.39. The van der Waals surface area contributed by atoms with Crippen molar-refractivity contribution < 1.29 is 34.1 Å². The molecular formula is C24H28N6O7S2. The van der Waals surface area contributed by atoms with Gasteiger partial charge in [-0.05, 0) is 37.5 Å². The van der Waals surface area contributed by atoms with Crippen molar-refractivity contribution in [1.29, 1.82) is 0 Å². The highest BCUT2D eigenvalue weighted by Gasteiger charge is 2.54. The van der Waals surface area contributed by atoms with Gasteiger partial charge in [-0.1, -0.05) is 36.0 Å². The number of aliphatic carboxylic acids is 1. The number of benzene rings is 1. The van der Waals surface area contributed by atoms with Crippen LogP contribution in [-0.4, -0.2) is 82.9 Å². The maximum atomic E-state index is 13.4. The monoisotopic (exact) mass is 576 g/mol. The number of H-pyrrole nitrogens is 1. The normalized spacial score (nSPS) is 19.6. The Labute approximate surface area is 232 Å². The van der Waals surface area contributed by atoms with Crippen molar-refractivity contribution in [3.63, 3.8) is 0 Å².